The van der Waals surface area contributed by atoms with Gasteiger partial charge in [0.05, 0.1) is 0 Å². The first-order valence-corrected chi connectivity index (χ1v) is 15.4. The molecule has 0 amide bonds. The number of aliphatic hydroxyl groups excluding tert-OH is 1. The Kier molecular flexibility index (Phi) is 5.63. The minimum Gasteiger partial charge on any atom is -0.544 e. The number of carbonyl (C=O) groups excluding carboxylic acids is 1. The molecule has 1 fully saturated rings. The molecule has 4 rings (SSSR count). The molecule has 33 heavy (non-hydrogen) atoms. The number of hydrogen-bond acceptors (Lipinski definition) is 4. The molecule has 0 aromatic rings. The number of fused-ring (bicyclic) bond motifs is 5. The van der Waals surface area contributed by atoms with E-state index in [1.165, 1.54) is 11.1 Å². The van der Waals surface area contributed by atoms with Crippen molar-refractivity contribution in [1.29, 1.82) is 0 Å². The van der Waals surface area contributed by atoms with Gasteiger partial charge in [0.2, 0.25) is 8.32 Å². The summed E-state index contributed by atoms with van der Waals surface area (Å²) in [6.45, 7) is 17.1. The highest BCUT2D eigenvalue weighted by Crippen LogP contribution is 2.65. The zero-order valence-corrected chi connectivity index (χ0v) is 22.7. The first-order valence-electron chi connectivity index (χ1n) is 12.5. The van der Waals surface area contributed by atoms with Crippen LogP contribution in [0.3, 0.4) is 0 Å². The normalized spacial score (nSPS) is 40.2. The summed E-state index contributed by atoms with van der Waals surface area (Å²) in [5.41, 5.74) is 0.501. The average molecular weight is 471 g/mol. The highest BCUT2D eigenvalue weighted by atomic mass is 28.4. The van der Waals surface area contributed by atoms with E-state index in [-0.39, 0.29) is 22.3 Å². The predicted octanol–water partition coefficient (Wildman–Crippen LogP) is 5.70. The van der Waals surface area contributed by atoms with Crippen LogP contribution in [-0.2, 0) is 9.22 Å². The van der Waals surface area contributed by atoms with Crippen LogP contribution >= 0.6 is 0 Å². The van der Waals surface area contributed by atoms with Crippen LogP contribution in [0.15, 0.2) is 47.3 Å². The van der Waals surface area contributed by atoms with Crippen molar-refractivity contribution in [3.05, 3.63) is 47.3 Å². The van der Waals surface area contributed by atoms with Crippen molar-refractivity contribution >= 4 is 14.1 Å². The molecule has 0 aromatic carbocycles. The van der Waals surface area contributed by atoms with Gasteiger partial charge in [0.15, 0.2) is 5.78 Å². The van der Waals surface area contributed by atoms with Crippen molar-refractivity contribution in [3.63, 3.8) is 0 Å². The van der Waals surface area contributed by atoms with E-state index < -0.39 is 31.7 Å². The van der Waals surface area contributed by atoms with Gasteiger partial charge >= 0.3 is 0 Å². The molecule has 0 aliphatic heterocycles. The maximum Gasteiger partial charge on any atom is 0.250 e. The lowest BCUT2D eigenvalue weighted by molar-refractivity contribution is -0.161. The molecule has 4 nitrogen and oxygen atoms in total. The number of rotatable bonds is 4. The average Bonchev–Trinajstić information content (AvgIpc) is 2.94. The molecule has 2 N–H and O–H groups in total. The number of hydrogen-bond donors (Lipinski definition) is 2. The number of allylic oxidation sites excluding steroid dienone is 7. The van der Waals surface area contributed by atoms with Gasteiger partial charge in [0.1, 0.15) is 18.0 Å². The standard InChI is InChI=1S/C28H42O4Si/c1-18-15-23-21-10-9-19-16-20(32-33(7,8)25(2,3)4)11-13-26(19,5)22(21)12-14-27(23,6)28(18,31)24(30)17-29/h9,11-13,16,18,21,23,29,31H,10,14-15,17H2,1-8H3/t18-,21-,23+,26+,27+,28+/m1/s1. The van der Waals surface area contributed by atoms with Crippen molar-refractivity contribution in [3.8, 4) is 0 Å². The van der Waals surface area contributed by atoms with Gasteiger partial charge in [-0.25, -0.2) is 0 Å². The van der Waals surface area contributed by atoms with E-state index >= 15 is 0 Å². The third-order valence-corrected chi connectivity index (χ3v) is 14.4. The van der Waals surface area contributed by atoms with Crippen molar-refractivity contribution in [2.24, 2.45) is 28.6 Å². The van der Waals surface area contributed by atoms with Gasteiger partial charge < -0.3 is 14.6 Å². The van der Waals surface area contributed by atoms with E-state index in [2.05, 4.69) is 78.1 Å². The van der Waals surface area contributed by atoms with E-state index in [9.17, 15) is 15.0 Å². The summed E-state index contributed by atoms with van der Waals surface area (Å²) in [5, 5.41) is 21.3. The highest BCUT2D eigenvalue weighted by molar-refractivity contribution is 6.74. The van der Waals surface area contributed by atoms with E-state index in [4.69, 9.17) is 4.43 Å². The third-order valence-electron chi connectivity index (χ3n) is 10.1. The Bertz CT molecular complexity index is 980. The quantitative estimate of drug-likeness (QED) is 0.409. The summed E-state index contributed by atoms with van der Waals surface area (Å²) in [4.78, 5) is 12.7. The van der Waals surface area contributed by atoms with Gasteiger partial charge in [-0.15, -0.1) is 0 Å². The van der Waals surface area contributed by atoms with Crippen molar-refractivity contribution in [2.75, 3.05) is 6.61 Å². The lowest BCUT2D eigenvalue weighted by Gasteiger charge is -2.52. The second kappa shape index (κ2) is 7.53. The monoisotopic (exact) mass is 470 g/mol. The van der Waals surface area contributed by atoms with E-state index in [1.807, 2.05) is 6.92 Å². The fraction of sp³-hybridized carbons (Fsp3) is 0.679. The molecule has 0 aromatic heterocycles. The molecule has 4 aliphatic carbocycles. The van der Waals surface area contributed by atoms with E-state index in [0.717, 1.165) is 18.6 Å². The smallest absolute Gasteiger partial charge is 0.250 e. The summed E-state index contributed by atoms with van der Waals surface area (Å²) in [6.07, 6.45) is 13.7. The molecule has 0 saturated heterocycles. The SMILES string of the molecule is C[C@@H]1C[C@H]2[C@@H]3CC=C4C=C(O[Si](C)(C)C(C)(C)C)C=C[C@]4(C)C3=CC[C@]2(C)[C@@]1(O)C(=O)CO. The van der Waals surface area contributed by atoms with Gasteiger partial charge in [0.25, 0.3) is 0 Å². The lowest BCUT2D eigenvalue weighted by atomic mass is 9.52. The van der Waals surface area contributed by atoms with E-state index in [1.54, 1.807) is 0 Å². The predicted molar refractivity (Wildman–Crippen MR) is 135 cm³/mol. The lowest BCUT2D eigenvalue weighted by Crippen LogP contribution is -2.57. The van der Waals surface area contributed by atoms with Crippen LogP contribution < -0.4 is 0 Å². The third kappa shape index (κ3) is 3.33. The fourth-order valence-electron chi connectivity index (χ4n) is 6.86. The molecule has 4 aliphatic rings. The topological polar surface area (TPSA) is 66.8 Å². The van der Waals surface area contributed by atoms with Crippen LogP contribution in [0.1, 0.15) is 60.8 Å². The Hall–Kier alpha value is -1.43. The molecule has 182 valence electrons. The first-order chi connectivity index (χ1) is 15.1. The molecular weight excluding hydrogens is 428 g/mol. The van der Waals surface area contributed by atoms with Gasteiger partial charge in [-0.2, -0.15) is 0 Å². The van der Waals surface area contributed by atoms with Crippen LogP contribution in [0.25, 0.3) is 0 Å². The minimum atomic E-state index is -1.92. The molecule has 0 bridgehead atoms. The molecule has 5 heteroatoms. The van der Waals surface area contributed by atoms with Crippen LogP contribution in [0.4, 0.5) is 0 Å². The van der Waals surface area contributed by atoms with Gasteiger partial charge in [-0.1, -0.05) is 58.4 Å². The number of Topliss-reactive ketones (excluding diaryl/α,β-unsaturated/α-hetero) is 1. The Morgan fingerprint density at radius 1 is 1.24 bits per heavy atom. The van der Waals surface area contributed by atoms with Gasteiger partial charge in [-0.05, 0) is 79.8 Å². The Morgan fingerprint density at radius 2 is 1.91 bits per heavy atom. The maximum absolute atomic E-state index is 12.7. The summed E-state index contributed by atoms with van der Waals surface area (Å²) in [6, 6.07) is 0. The summed E-state index contributed by atoms with van der Waals surface area (Å²) >= 11 is 0. The summed E-state index contributed by atoms with van der Waals surface area (Å²) in [7, 11) is -1.92. The Morgan fingerprint density at radius 3 is 2.52 bits per heavy atom. The zero-order valence-electron chi connectivity index (χ0n) is 21.7. The van der Waals surface area contributed by atoms with Crippen molar-refractivity contribution in [2.45, 2.75) is 84.5 Å². The van der Waals surface area contributed by atoms with Crippen LogP contribution in [-0.4, -0.2) is 36.5 Å². The molecule has 0 unspecified atom stereocenters. The Balaban J connectivity index is 1.67. The van der Waals surface area contributed by atoms with Crippen LogP contribution in [0.2, 0.25) is 18.1 Å². The molecule has 6 atom stereocenters. The minimum absolute atomic E-state index is 0.146. The number of ketones is 1. The van der Waals surface area contributed by atoms with Crippen LogP contribution in [0, 0.1) is 28.6 Å². The largest absolute Gasteiger partial charge is 0.544 e. The second-order valence-corrected chi connectivity index (χ2v) is 17.5. The molecule has 0 spiro atoms. The molecule has 0 radical (unpaired) electrons. The number of carbonyl (C=O) groups is 1. The number of aliphatic hydroxyl groups is 2. The first kappa shape index (κ1) is 24.7. The van der Waals surface area contributed by atoms with Crippen molar-refractivity contribution < 1.29 is 19.4 Å². The maximum atomic E-state index is 12.7. The summed E-state index contributed by atoms with van der Waals surface area (Å²) < 4.78 is 6.60. The second-order valence-electron chi connectivity index (χ2n) is 12.8. The molecule has 1 saturated carbocycles. The molecular formula is C28H42O4Si. The Labute approximate surface area is 200 Å². The highest BCUT2D eigenvalue weighted by Gasteiger charge is 2.66. The fourth-order valence-corrected chi connectivity index (χ4v) is 7.88. The van der Waals surface area contributed by atoms with Gasteiger partial charge in [-0.3, -0.25) is 4.79 Å². The summed E-state index contributed by atoms with van der Waals surface area (Å²) in [5.74, 6) is 0.876. The van der Waals surface area contributed by atoms with Crippen LogP contribution in [0.5, 0.6) is 0 Å². The van der Waals surface area contributed by atoms with Gasteiger partial charge in [0, 0.05) is 10.8 Å². The zero-order chi connectivity index (χ0) is 24.6. The van der Waals surface area contributed by atoms with E-state index in [0.29, 0.717) is 12.3 Å². The van der Waals surface area contributed by atoms with Crippen molar-refractivity contribution in [1.82, 2.24) is 0 Å². The molecule has 0 heterocycles.